The topological polar surface area (TPSA) is 70.2 Å². The lowest BCUT2D eigenvalue weighted by Crippen LogP contribution is -2.29. The molecule has 1 unspecified atom stereocenters. The number of benzene rings is 1. The maximum atomic E-state index is 12.0. The number of hydrogen-bond acceptors (Lipinski definition) is 3. The van der Waals surface area contributed by atoms with Crippen molar-refractivity contribution < 1.29 is 9.59 Å². The zero-order chi connectivity index (χ0) is 14.4. The Morgan fingerprint density at radius 1 is 1.25 bits per heavy atom. The fraction of sp³-hybridized carbons (Fsp3) is 0.429. The van der Waals surface area contributed by atoms with Crippen molar-refractivity contribution in [2.75, 3.05) is 26.0 Å². The van der Waals surface area contributed by atoms with E-state index in [0.29, 0.717) is 17.8 Å². The van der Waals surface area contributed by atoms with Crippen molar-refractivity contribution in [3.8, 4) is 0 Å². The summed E-state index contributed by atoms with van der Waals surface area (Å²) >= 11 is 0. The van der Waals surface area contributed by atoms with Gasteiger partial charge in [0.05, 0.1) is 0 Å². The van der Waals surface area contributed by atoms with Gasteiger partial charge in [0.25, 0.3) is 5.91 Å². The molecular formula is C14H22ClN3O2. The van der Waals surface area contributed by atoms with Crippen LogP contribution in [0, 0.1) is 12.8 Å². The highest BCUT2D eigenvalue weighted by Crippen LogP contribution is 2.19. The SMILES string of the molecule is CNCC(C)C(=O)Nc1cccc(C(=O)NC)c1C.Cl. The lowest BCUT2D eigenvalue weighted by molar-refractivity contribution is -0.119. The van der Waals surface area contributed by atoms with E-state index in [1.165, 1.54) is 0 Å². The van der Waals surface area contributed by atoms with Gasteiger partial charge >= 0.3 is 0 Å². The first-order chi connectivity index (χ1) is 9.01. The van der Waals surface area contributed by atoms with Crippen LogP contribution in [0.25, 0.3) is 0 Å². The molecule has 6 heteroatoms. The Kier molecular flexibility index (Phi) is 7.87. The molecule has 0 saturated heterocycles. The second-order valence-electron chi connectivity index (χ2n) is 4.51. The molecule has 0 aliphatic rings. The van der Waals surface area contributed by atoms with Crippen molar-refractivity contribution >= 4 is 29.9 Å². The second kappa shape index (κ2) is 8.55. The van der Waals surface area contributed by atoms with Crippen LogP contribution in [-0.2, 0) is 4.79 Å². The molecule has 1 rings (SSSR count). The molecule has 3 N–H and O–H groups in total. The highest BCUT2D eigenvalue weighted by atomic mass is 35.5. The summed E-state index contributed by atoms with van der Waals surface area (Å²) in [7, 11) is 3.39. The van der Waals surface area contributed by atoms with Crippen LogP contribution < -0.4 is 16.0 Å². The van der Waals surface area contributed by atoms with E-state index in [2.05, 4.69) is 16.0 Å². The molecule has 1 aromatic rings. The van der Waals surface area contributed by atoms with Gasteiger partial charge in [-0.2, -0.15) is 0 Å². The standard InChI is InChI=1S/C14H21N3O2.ClH/c1-9(8-15-3)13(18)17-12-7-5-6-11(10(12)2)14(19)16-4;/h5-7,9,15H,8H2,1-4H3,(H,16,19)(H,17,18);1H. The highest BCUT2D eigenvalue weighted by Gasteiger charge is 2.15. The zero-order valence-electron chi connectivity index (χ0n) is 12.2. The summed E-state index contributed by atoms with van der Waals surface area (Å²) < 4.78 is 0. The predicted octanol–water partition coefficient (Wildman–Crippen LogP) is 1.57. The average molecular weight is 300 g/mol. The molecule has 0 bridgehead atoms. The van der Waals surface area contributed by atoms with Crippen LogP contribution in [0.15, 0.2) is 18.2 Å². The highest BCUT2D eigenvalue weighted by molar-refractivity contribution is 5.99. The van der Waals surface area contributed by atoms with Crippen molar-refractivity contribution in [1.29, 1.82) is 0 Å². The lowest BCUT2D eigenvalue weighted by atomic mass is 10.1. The van der Waals surface area contributed by atoms with E-state index < -0.39 is 0 Å². The maximum absolute atomic E-state index is 12.0. The van der Waals surface area contributed by atoms with E-state index in [0.717, 1.165) is 5.56 Å². The molecule has 1 atom stereocenters. The summed E-state index contributed by atoms with van der Waals surface area (Å²) in [6, 6.07) is 5.29. The average Bonchev–Trinajstić information content (AvgIpc) is 2.40. The van der Waals surface area contributed by atoms with Crippen molar-refractivity contribution in [3.05, 3.63) is 29.3 Å². The molecule has 5 nitrogen and oxygen atoms in total. The van der Waals surface area contributed by atoms with Gasteiger partial charge in [-0.05, 0) is 31.7 Å². The van der Waals surface area contributed by atoms with Gasteiger partial charge in [0.2, 0.25) is 5.91 Å². The summed E-state index contributed by atoms with van der Waals surface area (Å²) in [5, 5.41) is 8.40. The molecule has 0 heterocycles. The van der Waals surface area contributed by atoms with Crippen LogP contribution in [0.1, 0.15) is 22.8 Å². The molecule has 0 spiro atoms. The Morgan fingerprint density at radius 3 is 2.45 bits per heavy atom. The minimum Gasteiger partial charge on any atom is -0.355 e. The number of anilines is 1. The van der Waals surface area contributed by atoms with E-state index in [9.17, 15) is 9.59 Å². The van der Waals surface area contributed by atoms with Gasteiger partial charge in [-0.1, -0.05) is 13.0 Å². The number of carbonyl (C=O) groups excluding carboxylic acids is 2. The Morgan fingerprint density at radius 2 is 1.90 bits per heavy atom. The number of rotatable bonds is 5. The van der Waals surface area contributed by atoms with Crippen LogP contribution in [0.4, 0.5) is 5.69 Å². The molecule has 0 aliphatic carbocycles. The molecule has 2 amide bonds. The summed E-state index contributed by atoms with van der Waals surface area (Å²) in [6.07, 6.45) is 0. The van der Waals surface area contributed by atoms with Gasteiger partial charge in [0.15, 0.2) is 0 Å². The van der Waals surface area contributed by atoms with Crippen LogP contribution in [0.3, 0.4) is 0 Å². The van der Waals surface area contributed by atoms with E-state index in [4.69, 9.17) is 0 Å². The number of nitrogens with one attached hydrogen (secondary N) is 3. The fourth-order valence-corrected chi connectivity index (χ4v) is 1.81. The normalized spacial score (nSPS) is 11.2. The first kappa shape index (κ1) is 18.4. The molecule has 0 saturated carbocycles. The largest absolute Gasteiger partial charge is 0.355 e. The molecule has 0 fully saturated rings. The first-order valence-corrected chi connectivity index (χ1v) is 6.28. The van der Waals surface area contributed by atoms with Crippen LogP contribution in [-0.4, -0.2) is 32.5 Å². The summed E-state index contributed by atoms with van der Waals surface area (Å²) in [5.41, 5.74) is 2.02. The predicted molar refractivity (Wildman–Crippen MR) is 83.5 cm³/mol. The smallest absolute Gasteiger partial charge is 0.251 e. The summed E-state index contributed by atoms with van der Waals surface area (Å²) in [6.45, 7) is 4.28. The third kappa shape index (κ3) is 4.51. The minimum absolute atomic E-state index is 0. The summed E-state index contributed by atoms with van der Waals surface area (Å²) in [5.74, 6) is -0.351. The van der Waals surface area contributed by atoms with Gasteiger partial charge in [0, 0.05) is 30.8 Å². The Labute approximate surface area is 125 Å². The molecular weight excluding hydrogens is 278 g/mol. The Hall–Kier alpha value is -1.59. The molecule has 20 heavy (non-hydrogen) atoms. The van der Waals surface area contributed by atoms with Crippen LogP contribution >= 0.6 is 12.4 Å². The molecule has 0 aliphatic heterocycles. The molecule has 0 aromatic heterocycles. The van der Waals surface area contributed by atoms with Gasteiger partial charge in [0.1, 0.15) is 0 Å². The monoisotopic (exact) mass is 299 g/mol. The quantitative estimate of drug-likeness (QED) is 0.773. The third-order valence-corrected chi connectivity index (χ3v) is 3.02. The third-order valence-electron chi connectivity index (χ3n) is 3.02. The van der Waals surface area contributed by atoms with Crippen molar-refractivity contribution in [3.63, 3.8) is 0 Å². The van der Waals surface area contributed by atoms with Gasteiger partial charge in [-0.25, -0.2) is 0 Å². The lowest BCUT2D eigenvalue weighted by Gasteiger charge is -2.15. The Balaban J connectivity index is 0.00000361. The Bertz CT molecular complexity index is 477. The number of hydrogen-bond donors (Lipinski definition) is 3. The van der Waals surface area contributed by atoms with E-state index >= 15 is 0 Å². The molecule has 1 aromatic carbocycles. The first-order valence-electron chi connectivity index (χ1n) is 6.28. The molecule has 112 valence electrons. The van der Waals surface area contributed by atoms with Gasteiger partial charge in [-0.15, -0.1) is 12.4 Å². The van der Waals surface area contributed by atoms with Crippen LogP contribution in [0.5, 0.6) is 0 Å². The number of carbonyl (C=O) groups is 2. The van der Waals surface area contributed by atoms with E-state index in [1.807, 2.05) is 13.8 Å². The van der Waals surface area contributed by atoms with E-state index in [-0.39, 0.29) is 30.1 Å². The maximum Gasteiger partial charge on any atom is 0.251 e. The van der Waals surface area contributed by atoms with Crippen molar-refractivity contribution in [1.82, 2.24) is 10.6 Å². The number of halogens is 1. The van der Waals surface area contributed by atoms with Crippen molar-refractivity contribution in [2.24, 2.45) is 5.92 Å². The summed E-state index contributed by atoms with van der Waals surface area (Å²) in [4.78, 5) is 23.6. The van der Waals surface area contributed by atoms with Gasteiger partial charge in [-0.3, -0.25) is 9.59 Å². The number of amides is 2. The van der Waals surface area contributed by atoms with E-state index in [1.54, 1.807) is 32.3 Å². The second-order valence-corrected chi connectivity index (χ2v) is 4.51. The molecule has 0 radical (unpaired) electrons. The zero-order valence-corrected chi connectivity index (χ0v) is 13.1. The van der Waals surface area contributed by atoms with Crippen LogP contribution in [0.2, 0.25) is 0 Å². The van der Waals surface area contributed by atoms with Crippen molar-refractivity contribution in [2.45, 2.75) is 13.8 Å². The fourth-order valence-electron chi connectivity index (χ4n) is 1.81. The van der Waals surface area contributed by atoms with Gasteiger partial charge < -0.3 is 16.0 Å². The minimum atomic E-state index is -0.156.